The molecule has 4 bridgehead atoms. The summed E-state index contributed by atoms with van der Waals surface area (Å²) in [6.45, 7) is 49.6. The number of carbonyl (C=O) groups is 6. The molecule has 5 aliphatic carbocycles. The number of aromatic hydroxyl groups is 2. The molecule has 0 amide bonds. The third-order valence-electron chi connectivity index (χ3n) is 22.8. The molecule has 11 rings (SSSR count). The number of phenols is 2. The van der Waals surface area contributed by atoms with Gasteiger partial charge in [0.15, 0.2) is 0 Å². The summed E-state index contributed by atoms with van der Waals surface area (Å²) in [5.41, 5.74) is 6.83. The summed E-state index contributed by atoms with van der Waals surface area (Å²) in [5.74, 6) is 3.85. The Morgan fingerprint density at radius 1 is 0.486 bits per heavy atom. The highest BCUT2D eigenvalue weighted by atomic mass is 16.7. The van der Waals surface area contributed by atoms with Gasteiger partial charge in [-0.3, -0.25) is 19.2 Å². The van der Waals surface area contributed by atoms with Crippen LogP contribution in [0.15, 0.2) is 91.0 Å². The standard InChI is InChI=1S/C21H32O3.C20H32O3.2C14H20O4.2C10H14O/c1-13(2)23-19(12-21(5,6)7)24-20(22)16-8-9-18-15(4)14(3)10-17(18)11-16;1-8-15(4)16-9-11-17(12-10-16)19(21)23-18(22-14(2)3)13-20(5,6)7;2*1-4-14(2,3)13(16)18-10-7-5-8-9(6-7)12(15)17-11(8)10;2*1-3-8(2)9-4-6-10(11)7-5-9/h8-9,11,13-15,19H,10,12H2,1-7H3;9-12,14-15,18H,8,13H2,1-7H3;2*7-11H,4-6H2,1-3H3;2*4-8,11H,3H2,1-2H3. The van der Waals surface area contributed by atoms with Crippen molar-refractivity contribution in [3.05, 3.63) is 130 Å². The maximum Gasteiger partial charge on any atom is 0.340 e. The van der Waals surface area contributed by atoms with Gasteiger partial charge in [-0.2, -0.15) is 0 Å². The van der Waals surface area contributed by atoms with Gasteiger partial charge in [-0.15, -0.1) is 0 Å². The van der Waals surface area contributed by atoms with Crippen molar-refractivity contribution < 1.29 is 76.9 Å². The minimum absolute atomic E-state index is 0.0166. The average Bonchev–Trinajstić information content (AvgIpc) is 1.58. The van der Waals surface area contributed by atoms with E-state index in [-0.39, 0.29) is 95.1 Å². The van der Waals surface area contributed by atoms with Crippen LogP contribution in [0.2, 0.25) is 0 Å². The first-order chi connectivity index (χ1) is 49.0. The number of benzene rings is 4. The first-order valence-corrected chi connectivity index (χ1v) is 39.4. The van der Waals surface area contributed by atoms with Crippen molar-refractivity contribution in [3.8, 4) is 11.5 Å². The fourth-order valence-corrected chi connectivity index (χ4v) is 14.6. The molecular weight excluding hydrogens is 1320 g/mol. The summed E-state index contributed by atoms with van der Waals surface area (Å²) in [6, 6.07) is 28.5. The van der Waals surface area contributed by atoms with Crippen LogP contribution in [0.4, 0.5) is 0 Å². The first kappa shape index (κ1) is 87.1. The predicted octanol–water partition coefficient (Wildman–Crippen LogP) is 20.5. The monoisotopic (exact) mass is 1460 g/mol. The number of hydrogen-bond donors (Lipinski definition) is 2. The van der Waals surface area contributed by atoms with Gasteiger partial charge in [-0.1, -0.05) is 153 Å². The zero-order chi connectivity index (χ0) is 78.4. The van der Waals surface area contributed by atoms with E-state index in [0.29, 0.717) is 88.7 Å². The van der Waals surface area contributed by atoms with Crippen LogP contribution in [0.3, 0.4) is 0 Å². The lowest BCUT2D eigenvalue weighted by atomic mass is 9.87. The van der Waals surface area contributed by atoms with E-state index in [0.717, 1.165) is 64.2 Å². The molecule has 584 valence electrons. The fourth-order valence-electron chi connectivity index (χ4n) is 14.6. The summed E-state index contributed by atoms with van der Waals surface area (Å²) in [7, 11) is 0. The topological polar surface area (TPSA) is 217 Å². The number of fused-ring (bicyclic) bond motifs is 3. The minimum atomic E-state index is -0.517. The van der Waals surface area contributed by atoms with E-state index >= 15 is 0 Å². The maximum absolute atomic E-state index is 12.6. The molecule has 0 radical (unpaired) electrons. The van der Waals surface area contributed by atoms with Gasteiger partial charge in [-0.25, -0.2) is 9.59 Å². The summed E-state index contributed by atoms with van der Waals surface area (Å²) in [4.78, 5) is 72.4. The van der Waals surface area contributed by atoms with Crippen LogP contribution >= 0.6 is 0 Å². The Morgan fingerprint density at radius 2 is 0.829 bits per heavy atom. The van der Waals surface area contributed by atoms with E-state index in [1.165, 1.54) is 27.8 Å². The first-order valence-electron chi connectivity index (χ1n) is 39.4. The second-order valence-corrected chi connectivity index (χ2v) is 35.2. The average molecular weight is 1460 g/mol. The van der Waals surface area contributed by atoms with Gasteiger partial charge in [0.1, 0.15) is 35.9 Å². The Bertz CT molecular complexity index is 3320. The van der Waals surface area contributed by atoms with Gasteiger partial charge in [0, 0.05) is 36.5 Å². The molecule has 16 nitrogen and oxygen atoms in total. The molecule has 2 heterocycles. The Labute approximate surface area is 630 Å². The van der Waals surface area contributed by atoms with Crippen molar-refractivity contribution in [1.29, 1.82) is 0 Å². The lowest BCUT2D eigenvalue weighted by molar-refractivity contribution is -0.170. The number of rotatable bonds is 22. The molecule has 4 saturated carbocycles. The minimum Gasteiger partial charge on any atom is -0.508 e. The summed E-state index contributed by atoms with van der Waals surface area (Å²) < 4.78 is 44.9. The lowest BCUT2D eigenvalue weighted by Gasteiger charge is -2.29. The highest BCUT2D eigenvalue weighted by Gasteiger charge is 2.65. The predicted molar refractivity (Wildman–Crippen MR) is 413 cm³/mol. The number of phenolic OH excluding ortho intramolecular Hbond substituents is 2. The molecule has 105 heavy (non-hydrogen) atoms. The molecule has 2 saturated heterocycles. The van der Waals surface area contributed by atoms with Crippen LogP contribution in [0.5, 0.6) is 11.5 Å². The molecule has 6 fully saturated rings. The molecule has 0 aromatic heterocycles. The van der Waals surface area contributed by atoms with Crippen LogP contribution < -0.4 is 0 Å². The van der Waals surface area contributed by atoms with E-state index in [4.69, 9.17) is 48.1 Å². The van der Waals surface area contributed by atoms with Crippen molar-refractivity contribution in [2.75, 3.05) is 0 Å². The van der Waals surface area contributed by atoms with Gasteiger partial charge in [-0.05, 0) is 236 Å². The zero-order valence-electron chi connectivity index (χ0n) is 68.2. The fraction of sp³-hybridized carbons (Fsp3) is 0.663. The molecule has 4 aromatic rings. The Kier molecular flexibility index (Phi) is 31.4. The second kappa shape index (κ2) is 37.8. The number of hydrogen-bond acceptors (Lipinski definition) is 16. The molecule has 17 atom stereocenters. The van der Waals surface area contributed by atoms with Crippen LogP contribution in [-0.4, -0.2) is 95.2 Å². The second-order valence-electron chi connectivity index (χ2n) is 35.2. The Balaban J connectivity index is 0.000000202. The molecule has 16 heteroatoms. The third kappa shape index (κ3) is 24.4. The van der Waals surface area contributed by atoms with Crippen molar-refractivity contribution in [2.45, 2.75) is 316 Å². The van der Waals surface area contributed by atoms with Crippen LogP contribution in [0, 0.1) is 63.1 Å². The van der Waals surface area contributed by atoms with Crippen LogP contribution in [-0.2, 0) is 63.5 Å². The SMILES string of the molecule is CC(C)OC(CC(C)(C)C)OC(=O)c1ccc2c(c1)CC(C)C2C.CCC(C)(C)C(=O)OC1C2CC3C(=O)OC1C3C2.CCC(C)(C)C(=O)OC1C2CC3C(=O)OC1C3C2.CCC(C)c1ccc(C(=O)OC(CC(C)(C)C)OC(C)C)cc1.CCC(C)c1ccc(O)cc1.CCC(C)c1ccc(O)cc1. The smallest absolute Gasteiger partial charge is 0.340 e. The van der Waals surface area contributed by atoms with Crippen LogP contribution in [0.1, 0.15) is 309 Å². The highest BCUT2D eigenvalue weighted by Crippen LogP contribution is 2.57. The van der Waals surface area contributed by atoms with Crippen molar-refractivity contribution in [2.24, 2.45) is 63.1 Å². The summed E-state index contributed by atoms with van der Waals surface area (Å²) in [5, 5.41) is 18.0. The normalized spacial score (nSPS) is 24.9. The van der Waals surface area contributed by atoms with E-state index in [1.807, 2.05) is 130 Å². The number of carbonyl (C=O) groups excluding carboxylic acids is 6. The van der Waals surface area contributed by atoms with Gasteiger partial charge in [0.2, 0.25) is 12.6 Å². The Hall–Kier alpha value is -6.78. The van der Waals surface area contributed by atoms with E-state index in [9.17, 15) is 28.8 Å². The highest BCUT2D eigenvalue weighted by molar-refractivity contribution is 5.90. The molecular formula is C89H132O16. The quantitative estimate of drug-likeness (QED) is 0.0425. The molecule has 4 aromatic carbocycles. The van der Waals surface area contributed by atoms with Gasteiger partial charge in [0.05, 0.1) is 46.0 Å². The molecule has 0 spiro atoms. The zero-order valence-corrected chi connectivity index (χ0v) is 68.2. The molecule has 2 aliphatic heterocycles. The number of ether oxygens (including phenoxy) is 8. The van der Waals surface area contributed by atoms with Crippen molar-refractivity contribution in [3.63, 3.8) is 0 Å². The van der Waals surface area contributed by atoms with E-state index in [2.05, 4.69) is 103 Å². The van der Waals surface area contributed by atoms with Gasteiger partial charge in [0.25, 0.3) is 0 Å². The van der Waals surface area contributed by atoms with E-state index < -0.39 is 23.4 Å². The Morgan fingerprint density at radius 3 is 1.16 bits per heavy atom. The molecule has 17 unspecified atom stereocenters. The molecule has 7 aliphatic rings. The van der Waals surface area contributed by atoms with E-state index in [1.54, 1.807) is 24.3 Å². The van der Waals surface area contributed by atoms with Gasteiger partial charge < -0.3 is 48.1 Å². The molecule has 2 N–H and O–H groups in total. The third-order valence-corrected chi connectivity index (χ3v) is 22.8. The van der Waals surface area contributed by atoms with Crippen molar-refractivity contribution in [1.82, 2.24) is 0 Å². The van der Waals surface area contributed by atoms with Crippen molar-refractivity contribution >= 4 is 35.8 Å². The summed E-state index contributed by atoms with van der Waals surface area (Å²) in [6.07, 6.45) is 9.15. The maximum atomic E-state index is 12.6. The number of esters is 6. The lowest BCUT2D eigenvalue weighted by Crippen LogP contribution is -2.39. The summed E-state index contributed by atoms with van der Waals surface area (Å²) >= 11 is 0. The largest absolute Gasteiger partial charge is 0.508 e. The van der Waals surface area contributed by atoms with Gasteiger partial charge >= 0.3 is 35.8 Å². The van der Waals surface area contributed by atoms with Crippen LogP contribution in [0.25, 0.3) is 0 Å².